The van der Waals surface area contributed by atoms with E-state index in [9.17, 15) is 4.79 Å². The maximum absolute atomic E-state index is 11.2. The molecule has 0 radical (unpaired) electrons. The fourth-order valence-electron chi connectivity index (χ4n) is 2.47. The van der Waals surface area contributed by atoms with Crippen LogP contribution >= 0.6 is 0 Å². The van der Waals surface area contributed by atoms with Gasteiger partial charge in [-0.3, -0.25) is 9.69 Å². The molecule has 0 unspecified atom stereocenters. The van der Waals surface area contributed by atoms with E-state index in [0.717, 1.165) is 43.5 Å². The van der Waals surface area contributed by atoms with Gasteiger partial charge in [0.1, 0.15) is 0 Å². The fraction of sp³-hybridized carbons (Fsp3) is 0.562. The predicted octanol–water partition coefficient (Wildman–Crippen LogP) is 2.22. The molecule has 110 valence electrons. The number of anilines is 1. The molecule has 0 bridgehead atoms. The highest BCUT2D eigenvalue weighted by Crippen LogP contribution is 2.25. The number of hydrogen-bond acceptors (Lipinski definition) is 3. The van der Waals surface area contributed by atoms with Crippen LogP contribution in [0.25, 0.3) is 0 Å². The van der Waals surface area contributed by atoms with E-state index >= 15 is 0 Å². The molecule has 4 nitrogen and oxygen atoms in total. The molecule has 1 saturated carbocycles. The molecule has 1 amide bonds. The lowest BCUT2D eigenvalue weighted by molar-refractivity contribution is -0.114. The van der Waals surface area contributed by atoms with Gasteiger partial charge in [-0.25, -0.2) is 0 Å². The van der Waals surface area contributed by atoms with Crippen molar-refractivity contribution in [1.29, 1.82) is 0 Å². The number of carbonyl (C=O) groups excluding carboxylic acids is 1. The molecule has 20 heavy (non-hydrogen) atoms. The first-order chi connectivity index (χ1) is 9.70. The molecule has 1 fully saturated rings. The average molecular weight is 275 g/mol. The van der Waals surface area contributed by atoms with E-state index in [-0.39, 0.29) is 5.91 Å². The summed E-state index contributed by atoms with van der Waals surface area (Å²) in [5, 5.41) is 6.34. The van der Waals surface area contributed by atoms with Crippen LogP contribution < -0.4 is 10.6 Å². The Morgan fingerprint density at radius 3 is 2.75 bits per heavy atom. The molecule has 0 aromatic heterocycles. The Labute approximate surface area is 121 Å². The summed E-state index contributed by atoms with van der Waals surface area (Å²) in [6.07, 6.45) is 2.72. The van der Waals surface area contributed by atoms with Crippen molar-refractivity contribution in [3.63, 3.8) is 0 Å². The van der Waals surface area contributed by atoms with E-state index in [1.54, 1.807) is 6.92 Å². The van der Waals surface area contributed by atoms with Gasteiger partial charge in [0, 0.05) is 38.3 Å². The van der Waals surface area contributed by atoms with Crippen molar-refractivity contribution in [1.82, 2.24) is 10.2 Å². The second-order valence-corrected chi connectivity index (χ2v) is 5.37. The number of nitrogens with one attached hydrogen (secondary N) is 2. The third-order valence-corrected chi connectivity index (χ3v) is 3.69. The quantitative estimate of drug-likeness (QED) is 0.715. The van der Waals surface area contributed by atoms with Crippen molar-refractivity contribution in [2.75, 3.05) is 25.0 Å². The van der Waals surface area contributed by atoms with Gasteiger partial charge in [-0.2, -0.15) is 0 Å². The number of rotatable bonds is 8. The molecule has 0 saturated heterocycles. The number of nitrogens with zero attached hydrogens (tertiary/aromatic N) is 1. The standard InChI is InChI=1S/C16H25N3O/c1-3-19(15-8-9-15)11-10-17-12-14-6-4-5-7-16(14)18-13(2)20/h4-7,15,17H,3,8-12H2,1-2H3,(H,18,20). The first-order valence-corrected chi connectivity index (χ1v) is 7.51. The SMILES string of the molecule is CCN(CCNCc1ccccc1NC(C)=O)C1CC1. The summed E-state index contributed by atoms with van der Waals surface area (Å²) in [6, 6.07) is 8.77. The van der Waals surface area contributed by atoms with E-state index in [1.807, 2.05) is 18.2 Å². The summed E-state index contributed by atoms with van der Waals surface area (Å²) in [5.74, 6) is -0.0247. The minimum absolute atomic E-state index is 0.0247. The smallest absolute Gasteiger partial charge is 0.221 e. The highest BCUT2D eigenvalue weighted by molar-refractivity contribution is 5.89. The van der Waals surface area contributed by atoms with Crippen LogP contribution in [-0.2, 0) is 11.3 Å². The zero-order valence-electron chi connectivity index (χ0n) is 12.5. The number of amides is 1. The third-order valence-electron chi connectivity index (χ3n) is 3.69. The number of hydrogen-bond donors (Lipinski definition) is 2. The Balaban J connectivity index is 1.77. The summed E-state index contributed by atoms with van der Waals surface area (Å²) in [5.41, 5.74) is 2.04. The first-order valence-electron chi connectivity index (χ1n) is 7.51. The van der Waals surface area contributed by atoms with Gasteiger partial charge in [-0.15, -0.1) is 0 Å². The van der Waals surface area contributed by atoms with Crippen molar-refractivity contribution < 1.29 is 4.79 Å². The van der Waals surface area contributed by atoms with Crippen molar-refractivity contribution in [2.24, 2.45) is 0 Å². The molecular formula is C16H25N3O. The number of carbonyl (C=O) groups is 1. The summed E-state index contributed by atoms with van der Waals surface area (Å²) in [6.45, 7) is 7.78. The van der Waals surface area contributed by atoms with Gasteiger partial charge in [-0.1, -0.05) is 25.1 Å². The van der Waals surface area contributed by atoms with E-state index in [1.165, 1.54) is 12.8 Å². The van der Waals surface area contributed by atoms with Crippen molar-refractivity contribution >= 4 is 11.6 Å². The van der Waals surface area contributed by atoms with Crippen molar-refractivity contribution in [2.45, 2.75) is 39.3 Å². The van der Waals surface area contributed by atoms with Crippen molar-refractivity contribution in [3.8, 4) is 0 Å². The molecule has 4 heteroatoms. The predicted molar refractivity (Wildman–Crippen MR) is 82.7 cm³/mol. The number of para-hydroxylation sites is 1. The molecule has 1 aliphatic rings. The van der Waals surface area contributed by atoms with Gasteiger partial charge < -0.3 is 10.6 Å². The average Bonchev–Trinajstić information content (AvgIpc) is 3.24. The normalized spacial score (nSPS) is 14.6. The van der Waals surface area contributed by atoms with Crippen LogP contribution in [0.3, 0.4) is 0 Å². The Morgan fingerprint density at radius 2 is 2.10 bits per heavy atom. The van der Waals surface area contributed by atoms with E-state index < -0.39 is 0 Å². The molecule has 1 aliphatic carbocycles. The number of likely N-dealkylation sites (N-methyl/N-ethyl adjacent to an activating group) is 1. The molecule has 0 spiro atoms. The van der Waals surface area contributed by atoms with E-state index in [2.05, 4.69) is 28.5 Å². The van der Waals surface area contributed by atoms with Gasteiger partial charge in [0.25, 0.3) is 0 Å². The molecule has 1 aromatic rings. The maximum Gasteiger partial charge on any atom is 0.221 e. The van der Waals surface area contributed by atoms with Gasteiger partial charge in [0.05, 0.1) is 0 Å². The van der Waals surface area contributed by atoms with Crippen LogP contribution in [0.4, 0.5) is 5.69 Å². The highest BCUT2D eigenvalue weighted by atomic mass is 16.1. The molecule has 1 aromatic carbocycles. The van der Waals surface area contributed by atoms with E-state index in [4.69, 9.17) is 0 Å². The lowest BCUT2D eigenvalue weighted by Gasteiger charge is -2.20. The van der Waals surface area contributed by atoms with Crippen LogP contribution in [-0.4, -0.2) is 36.5 Å². The van der Waals surface area contributed by atoms with Crippen LogP contribution in [0.2, 0.25) is 0 Å². The summed E-state index contributed by atoms with van der Waals surface area (Å²) in [7, 11) is 0. The Morgan fingerprint density at radius 1 is 1.35 bits per heavy atom. The largest absolute Gasteiger partial charge is 0.326 e. The minimum Gasteiger partial charge on any atom is -0.326 e. The monoisotopic (exact) mass is 275 g/mol. The lowest BCUT2D eigenvalue weighted by atomic mass is 10.1. The van der Waals surface area contributed by atoms with Crippen LogP contribution in [0, 0.1) is 0 Å². The Bertz CT molecular complexity index is 443. The van der Waals surface area contributed by atoms with Crippen LogP contribution in [0.1, 0.15) is 32.3 Å². The number of benzene rings is 1. The Hall–Kier alpha value is -1.39. The van der Waals surface area contributed by atoms with Gasteiger partial charge >= 0.3 is 0 Å². The zero-order chi connectivity index (χ0) is 14.4. The maximum atomic E-state index is 11.2. The zero-order valence-corrected chi connectivity index (χ0v) is 12.5. The van der Waals surface area contributed by atoms with Gasteiger partial charge in [0.15, 0.2) is 0 Å². The second kappa shape index (κ2) is 7.41. The summed E-state index contributed by atoms with van der Waals surface area (Å²) < 4.78 is 0. The first kappa shape index (κ1) is 15.0. The summed E-state index contributed by atoms with van der Waals surface area (Å²) in [4.78, 5) is 13.7. The molecule has 2 rings (SSSR count). The van der Waals surface area contributed by atoms with Gasteiger partial charge in [-0.05, 0) is 31.0 Å². The molecule has 0 atom stereocenters. The third kappa shape index (κ3) is 4.62. The minimum atomic E-state index is -0.0247. The molecular weight excluding hydrogens is 250 g/mol. The second-order valence-electron chi connectivity index (χ2n) is 5.37. The Kier molecular flexibility index (Phi) is 5.56. The molecule has 2 N–H and O–H groups in total. The fourth-order valence-corrected chi connectivity index (χ4v) is 2.47. The lowest BCUT2D eigenvalue weighted by Crippen LogP contribution is -2.33. The van der Waals surface area contributed by atoms with Gasteiger partial charge in [0.2, 0.25) is 5.91 Å². The molecule has 0 aliphatic heterocycles. The van der Waals surface area contributed by atoms with Crippen LogP contribution in [0.5, 0.6) is 0 Å². The van der Waals surface area contributed by atoms with Crippen molar-refractivity contribution in [3.05, 3.63) is 29.8 Å². The van der Waals surface area contributed by atoms with Crippen LogP contribution in [0.15, 0.2) is 24.3 Å². The topological polar surface area (TPSA) is 44.4 Å². The summed E-state index contributed by atoms with van der Waals surface area (Å²) >= 11 is 0. The van der Waals surface area contributed by atoms with E-state index in [0.29, 0.717) is 0 Å². The highest BCUT2D eigenvalue weighted by Gasteiger charge is 2.26. The molecule has 0 heterocycles.